The zero-order valence-corrected chi connectivity index (χ0v) is 17.9. The average molecular weight is 438 g/mol. The normalized spacial score (nSPS) is 14.2. The number of amides is 1. The van der Waals surface area contributed by atoms with Gasteiger partial charge in [-0.15, -0.1) is 0 Å². The Balaban J connectivity index is 1.51. The first kappa shape index (κ1) is 20.7. The van der Waals surface area contributed by atoms with E-state index in [9.17, 15) is 10.1 Å². The summed E-state index contributed by atoms with van der Waals surface area (Å²) in [6.45, 7) is 1.35. The Hall–Kier alpha value is -4.15. The van der Waals surface area contributed by atoms with Crippen LogP contribution in [-0.2, 0) is 4.74 Å². The van der Waals surface area contributed by atoms with Crippen LogP contribution in [0.15, 0.2) is 60.8 Å². The van der Waals surface area contributed by atoms with Gasteiger partial charge < -0.3 is 20.2 Å². The van der Waals surface area contributed by atoms with Crippen LogP contribution < -0.4 is 10.5 Å². The SMILES string of the molecule is N#Cc1cc(-c2nccc3[nH]c(-c4cccc(C(N)=O)c4)cc23)ccc1OC1CCOCC1. The van der Waals surface area contributed by atoms with Crippen molar-refractivity contribution in [1.29, 1.82) is 5.26 Å². The van der Waals surface area contributed by atoms with Gasteiger partial charge in [0.15, 0.2) is 0 Å². The quantitative estimate of drug-likeness (QED) is 0.479. The van der Waals surface area contributed by atoms with Gasteiger partial charge in [-0.25, -0.2) is 0 Å². The Morgan fingerprint density at radius 2 is 1.97 bits per heavy atom. The number of hydrogen-bond acceptors (Lipinski definition) is 5. The minimum Gasteiger partial charge on any atom is -0.489 e. The van der Waals surface area contributed by atoms with Gasteiger partial charge in [0.05, 0.1) is 24.5 Å². The molecule has 0 saturated carbocycles. The van der Waals surface area contributed by atoms with Crippen molar-refractivity contribution in [3.05, 3.63) is 71.9 Å². The number of nitrogens with one attached hydrogen (secondary N) is 1. The van der Waals surface area contributed by atoms with Crippen molar-refractivity contribution in [3.8, 4) is 34.3 Å². The van der Waals surface area contributed by atoms with Crippen LogP contribution in [0.4, 0.5) is 0 Å². The van der Waals surface area contributed by atoms with Crippen LogP contribution in [0.1, 0.15) is 28.8 Å². The van der Waals surface area contributed by atoms with E-state index in [-0.39, 0.29) is 6.10 Å². The fraction of sp³-hybridized carbons (Fsp3) is 0.192. The Morgan fingerprint density at radius 3 is 2.76 bits per heavy atom. The fourth-order valence-corrected chi connectivity index (χ4v) is 4.12. The number of hydrogen-bond donors (Lipinski definition) is 2. The van der Waals surface area contributed by atoms with Crippen molar-refractivity contribution in [3.63, 3.8) is 0 Å². The number of rotatable bonds is 5. The van der Waals surface area contributed by atoms with Crippen molar-refractivity contribution in [2.24, 2.45) is 5.73 Å². The van der Waals surface area contributed by atoms with Gasteiger partial charge >= 0.3 is 0 Å². The molecule has 0 radical (unpaired) electrons. The van der Waals surface area contributed by atoms with Gasteiger partial charge in [-0.3, -0.25) is 9.78 Å². The maximum Gasteiger partial charge on any atom is 0.248 e. The molecule has 1 fully saturated rings. The van der Waals surface area contributed by atoms with Crippen LogP contribution in [0.5, 0.6) is 5.75 Å². The second kappa shape index (κ2) is 8.77. The van der Waals surface area contributed by atoms with E-state index in [0.29, 0.717) is 30.1 Å². The van der Waals surface area contributed by atoms with Crippen LogP contribution in [0.2, 0.25) is 0 Å². The molecule has 7 heteroatoms. The maximum absolute atomic E-state index is 11.6. The zero-order valence-electron chi connectivity index (χ0n) is 17.9. The molecule has 1 aliphatic heterocycles. The molecule has 2 aromatic heterocycles. The number of benzene rings is 2. The number of pyridine rings is 1. The number of ether oxygens (including phenoxy) is 2. The van der Waals surface area contributed by atoms with E-state index in [0.717, 1.165) is 46.3 Å². The summed E-state index contributed by atoms with van der Waals surface area (Å²) in [7, 11) is 0. The topological polar surface area (TPSA) is 114 Å². The fourth-order valence-electron chi connectivity index (χ4n) is 4.12. The lowest BCUT2D eigenvalue weighted by Crippen LogP contribution is -2.26. The third-order valence-corrected chi connectivity index (χ3v) is 5.84. The number of H-pyrrole nitrogens is 1. The first-order valence-electron chi connectivity index (χ1n) is 10.8. The van der Waals surface area contributed by atoms with Gasteiger partial charge in [-0.2, -0.15) is 5.26 Å². The van der Waals surface area contributed by atoms with Gasteiger partial charge in [-0.05, 0) is 48.0 Å². The molecule has 3 heterocycles. The highest BCUT2D eigenvalue weighted by molar-refractivity contribution is 5.98. The zero-order chi connectivity index (χ0) is 22.8. The minimum atomic E-state index is -0.470. The highest BCUT2D eigenvalue weighted by Gasteiger charge is 2.18. The number of aromatic amines is 1. The van der Waals surface area contributed by atoms with Gasteiger partial charge in [0.1, 0.15) is 17.9 Å². The minimum absolute atomic E-state index is 0.0571. The number of carbonyl (C=O) groups is 1. The predicted molar refractivity (Wildman–Crippen MR) is 125 cm³/mol. The van der Waals surface area contributed by atoms with E-state index >= 15 is 0 Å². The number of aromatic nitrogens is 2. The van der Waals surface area contributed by atoms with Gasteiger partial charge in [0.25, 0.3) is 0 Å². The molecule has 1 aliphatic rings. The smallest absolute Gasteiger partial charge is 0.248 e. The van der Waals surface area contributed by atoms with E-state index in [4.69, 9.17) is 15.2 Å². The summed E-state index contributed by atoms with van der Waals surface area (Å²) in [6, 6.07) is 18.9. The van der Waals surface area contributed by atoms with Crippen LogP contribution in [0.3, 0.4) is 0 Å². The number of nitrogens with two attached hydrogens (primary N) is 1. The number of fused-ring (bicyclic) bond motifs is 1. The first-order chi connectivity index (χ1) is 16.1. The summed E-state index contributed by atoms with van der Waals surface area (Å²) < 4.78 is 11.5. The van der Waals surface area contributed by atoms with Gasteiger partial charge in [0.2, 0.25) is 5.91 Å². The first-order valence-corrected chi connectivity index (χ1v) is 10.8. The number of carbonyl (C=O) groups excluding carboxylic acids is 1. The van der Waals surface area contributed by atoms with Crippen molar-refractivity contribution in [2.45, 2.75) is 18.9 Å². The van der Waals surface area contributed by atoms with Crippen LogP contribution in [0, 0.1) is 11.3 Å². The lowest BCUT2D eigenvalue weighted by Gasteiger charge is -2.23. The van der Waals surface area contributed by atoms with E-state index in [1.54, 1.807) is 24.4 Å². The van der Waals surface area contributed by atoms with Gasteiger partial charge in [0, 0.05) is 46.8 Å². The number of nitrogens with zero attached hydrogens (tertiary/aromatic N) is 2. The molecule has 164 valence electrons. The molecule has 33 heavy (non-hydrogen) atoms. The molecule has 0 atom stereocenters. The lowest BCUT2D eigenvalue weighted by atomic mass is 10.0. The maximum atomic E-state index is 11.6. The second-order valence-corrected chi connectivity index (χ2v) is 8.00. The van der Waals surface area contributed by atoms with E-state index < -0.39 is 5.91 Å². The molecule has 0 bridgehead atoms. The van der Waals surface area contributed by atoms with Gasteiger partial charge in [-0.1, -0.05) is 12.1 Å². The summed E-state index contributed by atoms with van der Waals surface area (Å²) in [4.78, 5) is 19.5. The molecular formula is C26H22N4O3. The summed E-state index contributed by atoms with van der Waals surface area (Å²) in [5, 5.41) is 10.7. The Morgan fingerprint density at radius 1 is 1.12 bits per heavy atom. The summed E-state index contributed by atoms with van der Waals surface area (Å²) in [6.07, 6.45) is 3.42. The molecule has 1 saturated heterocycles. The molecule has 1 amide bonds. The molecular weight excluding hydrogens is 416 g/mol. The lowest BCUT2D eigenvalue weighted by molar-refractivity contribution is 0.0254. The van der Waals surface area contributed by atoms with Crippen molar-refractivity contribution >= 4 is 16.8 Å². The molecule has 5 rings (SSSR count). The molecule has 0 unspecified atom stereocenters. The average Bonchev–Trinajstić information content (AvgIpc) is 3.30. The largest absolute Gasteiger partial charge is 0.489 e. The molecule has 7 nitrogen and oxygen atoms in total. The van der Waals surface area contributed by atoms with E-state index in [2.05, 4.69) is 16.0 Å². The predicted octanol–water partition coefficient (Wildman–Crippen LogP) is 4.43. The second-order valence-electron chi connectivity index (χ2n) is 8.00. The van der Waals surface area contributed by atoms with E-state index in [1.807, 2.05) is 36.4 Å². The standard InChI is InChI=1S/C26H22N4O3/c27-15-19-13-17(4-5-24(19)33-20-7-10-32-11-8-20)25-21-14-23(30-22(21)6-9-29-25)16-2-1-3-18(12-16)26(28)31/h1-6,9,12-14,20,30H,7-8,10-11H2,(H2,28,31). The summed E-state index contributed by atoms with van der Waals surface area (Å²) >= 11 is 0. The highest BCUT2D eigenvalue weighted by atomic mass is 16.5. The third kappa shape index (κ3) is 4.16. The van der Waals surface area contributed by atoms with Crippen LogP contribution in [-0.4, -0.2) is 35.2 Å². The summed E-state index contributed by atoms with van der Waals surface area (Å²) in [5.74, 6) is 0.112. The van der Waals surface area contributed by atoms with Crippen molar-refractivity contribution in [2.75, 3.05) is 13.2 Å². The monoisotopic (exact) mass is 438 g/mol. The molecule has 3 N–H and O–H groups in total. The third-order valence-electron chi connectivity index (χ3n) is 5.84. The van der Waals surface area contributed by atoms with Crippen molar-refractivity contribution in [1.82, 2.24) is 9.97 Å². The molecule has 4 aromatic rings. The molecule has 2 aromatic carbocycles. The molecule has 0 aliphatic carbocycles. The van der Waals surface area contributed by atoms with Crippen LogP contribution >= 0.6 is 0 Å². The summed E-state index contributed by atoms with van der Waals surface area (Å²) in [5.41, 5.74) is 10.5. The highest BCUT2D eigenvalue weighted by Crippen LogP contribution is 2.33. The van der Waals surface area contributed by atoms with Crippen molar-refractivity contribution < 1.29 is 14.3 Å². The Bertz CT molecular complexity index is 1380. The Labute approximate surface area is 190 Å². The van der Waals surface area contributed by atoms with Crippen LogP contribution in [0.25, 0.3) is 33.4 Å². The Kier molecular flexibility index (Phi) is 5.51. The van der Waals surface area contributed by atoms with E-state index in [1.165, 1.54) is 0 Å². The number of primary amides is 1. The molecule has 0 spiro atoms. The number of nitriles is 1.